The number of nitrogens with one attached hydrogen (secondary N) is 3. The minimum absolute atomic E-state index is 0.0518. The first-order chi connectivity index (χ1) is 16.2. The van der Waals surface area contributed by atoms with Gasteiger partial charge in [0.15, 0.2) is 0 Å². The Hall–Kier alpha value is -3.63. The summed E-state index contributed by atoms with van der Waals surface area (Å²) >= 11 is 0. The van der Waals surface area contributed by atoms with Crippen molar-refractivity contribution in [3.63, 3.8) is 0 Å². The van der Waals surface area contributed by atoms with Gasteiger partial charge in [-0.15, -0.1) is 0 Å². The molecule has 186 valence electrons. The number of carbonyl (C=O) groups excluding carboxylic acids is 4. The van der Waals surface area contributed by atoms with E-state index in [1.165, 1.54) is 11.0 Å². The summed E-state index contributed by atoms with van der Waals surface area (Å²) < 4.78 is 5.71. The molecule has 1 aromatic rings. The molecular weight excluding hydrogens is 444 g/mol. The van der Waals surface area contributed by atoms with Crippen molar-refractivity contribution in [2.75, 3.05) is 26.7 Å². The third-order valence-electron chi connectivity index (χ3n) is 5.24. The van der Waals surface area contributed by atoms with Crippen LogP contribution in [0.3, 0.4) is 0 Å². The number of para-hydroxylation sites is 1. The van der Waals surface area contributed by atoms with Crippen LogP contribution in [0.5, 0.6) is 5.75 Å². The second-order valence-corrected chi connectivity index (χ2v) is 8.24. The molecule has 1 aliphatic rings. The van der Waals surface area contributed by atoms with Gasteiger partial charge in [0.25, 0.3) is 5.91 Å². The Balaban J connectivity index is 2.16. The summed E-state index contributed by atoms with van der Waals surface area (Å²) in [5.74, 6) is -2.55. The molecule has 0 saturated carbocycles. The average Bonchev–Trinajstić information content (AvgIpc) is 2.79. The van der Waals surface area contributed by atoms with E-state index >= 15 is 0 Å². The van der Waals surface area contributed by atoms with Crippen molar-refractivity contribution < 1.29 is 33.8 Å². The van der Waals surface area contributed by atoms with Crippen molar-refractivity contribution in [1.82, 2.24) is 20.9 Å². The molecule has 0 radical (unpaired) electrons. The molecule has 2 rings (SSSR count). The lowest BCUT2D eigenvalue weighted by atomic mass is 10.1. The third-order valence-corrected chi connectivity index (χ3v) is 5.24. The van der Waals surface area contributed by atoms with Crippen LogP contribution >= 0.6 is 0 Å². The quantitative estimate of drug-likeness (QED) is 0.454. The molecule has 0 bridgehead atoms. The largest absolute Gasteiger partial charge is 0.491 e. The maximum atomic E-state index is 12.8. The molecular formula is C23H32N4O7. The van der Waals surface area contributed by atoms with Crippen LogP contribution in [0.1, 0.15) is 49.4 Å². The van der Waals surface area contributed by atoms with E-state index in [0.29, 0.717) is 19.4 Å². The smallest absolute Gasteiger partial charge is 0.326 e. The Morgan fingerprint density at radius 3 is 2.53 bits per heavy atom. The second kappa shape index (κ2) is 13.2. The first-order valence-electron chi connectivity index (χ1n) is 11.2. The average molecular weight is 477 g/mol. The van der Waals surface area contributed by atoms with Gasteiger partial charge in [0.05, 0.1) is 18.2 Å². The topological polar surface area (TPSA) is 154 Å². The number of rotatable bonds is 1. The van der Waals surface area contributed by atoms with E-state index in [2.05, 4.69) is 16.0 Å². The number of benzene rings is 1. The molecule has 1 aliphatic heterocycles. The minimum atomic E-state index is -1.26. The van der Waals surface area contributed by atoms with Gasteiger partial charge < -0.3 is 30.7 Å². The summed E-state index contributed by atoms with van der Waals surface area (Å²) in [4.78, 5) is 62.3. The number of likely N-dealkylation sites (N-methyl/N-ethyl adjacent to an activating group) is 1. The van der Waals surface area contributed by atoms with E-state index in [1.807, 2.05) is 0 Å². The molecule has 4 amide bonds. The van der Waals surface area contributed by atoms with Gasteiger partial charge in [-0.2, -0.15) is 0 Å². The van der Waals surface area contributed by atoms with Gasteiger partial charge in [0.2, 0.25) is 17.7 Å². The van der Waals surface area contributed by atoms with E-state index in [0.717, 1.165) is 0 Å². The maximum Gasteiger partial charge on any atom is 0.326 e. The Morgan fingerprint density at radius 2 is 1.79 bits per heavy atom. The number of carboxylic acid groups (broad SMARTS) is 1. The fraction of sp³-hybridized carbons (Fsp3) is 0.522. The highest BCUT2D eigenvalue weighted by molar-refractivity contribution is 5.99. The van der Waals surface area contributed by atoms with Crippen LogP contribution in [0.4, 0.5) is 0 Å². The molecule has 2 atom stereocenters. The van der Waals surface area contributed by atoms with Crippen LogP contribution in [0.25, 0.3) is 0 Å². The predicted molar refractivity (Wildman–Crippen MR) is 122 cm³/mol. The summed E-state index contributed by atoms with van der Waals surface area (Å²) in [7, 11) is 1.55. The zero-order valence-corrected chi connectivity index (χ0v) is 19.5. The molecule has 4 N–H and O–H groups in total. The third kappa shape index (κ3) is 8.72. The Kier molecular flexibility index (Phi) is 10.3. The van der Waals surface area contributed by atoms with Gasteiger partial charge in [-0.1, -0.05) is 12.1 Å². The van der Waals surface area contributed by atoms with E-state index in [-0.39, 0.29) is 61.4 Å². The number of fused-ring (bicyclic) bond motifs is 1. The Labute approximate surface area is 198 Å². The summed E-state index contributed by atoms with van der Waals surface area (Å²) in [6.45, 7) is 2.01. The highest BCUT2D eigenvalue weighted by Crippen LogP contribution is 2.18. The highest BCUT2D eigenvalue weighted by atomic mass is 16.5. The van der Waals surface area contributed by atoms with Gasteiger partial charge >= 0.3 is 5.97 Å². The van der Waals surface area contributed by atoms with Gasteiger partial charge in [-0.25, -0.2) is 4.79 Å². The first-order valence-corrected chi connectivity index (χ1v) is 11.2. The molecule has 1 heterocycles. The zero-order valence-electron chi connectivity index (χ0n) is 19.5. The van der Waals surface area contributed by atoms with Crippen LogP contribution in [0, 0.1) is 0 Å². The zero-order chi connectivity index (χ0) is 25.1. The number of carbonyl (C=O) groups is 5. The van der Waals surface area contributed by atoms with Crippen molar-refractivity contribution in [3.8, 4) is 5.75 Å². The van der Waals surface area contributed by atoms with Gasteiger partial charge in [0.1, 0.15) is 18.4 Å². The molecule has 11 heteroatoms. The van der Waals surface area contributed by atoms with E-state index in [9.17, 15) is 29.1 Å². The van der Waals surface area contributed by atoms with Crippen LogP contribution in [0.15, 0.2) is 24.3 Å². The lowest BCUT2D eigenvalue weighted by Gasteiger charge is -2.20. The van der Waals surface area contributed by atoms with Crippen LogP contribution in [-0.2, 0) is 19.2 Å². The number of aliphatic carboxylic acids is 1. The Bertz CT molecular complexity index is 905. The number of ether oxygens (including phenoxy) is 1. The van der Waals surface area contributed by atoms with E-state index in [1.54, 1.807) is 32.2 Å². The lowest BCUT2D eigenvalue weighted by Crippen LogP contribution is -2.43. The van der Waals surface area contributed by atoms with Crippen LogP contribution in [0.2, 0.25) is 0 Å². The standard InChI is InChI=1S/C23H32N4O7/c1-15-14-34-18-8-4-3-7-16(18)22(31)26-17(23(32)33)10-11-19(28)24-12-6-5-9-21(30)27(2)13-20(29)25-15/h3-4,7-8,15,17H,5-6,9-14H2,1-2H3,(H,24,28)(H,25,29)(H,26,31)(H,32,33)/t15-,17-/m0/s1. The summed E-state index contributed by atoms with van der Waals surface area (Å²) in [5, 5.41) is 17.4. The summed E-state index contributed by atoms with van der Waals surface area (Å²) in [6.07, 6.45) is 1.16. The maximum absolute atomic E-state index is 12.8. The minimum Gasteiger partial charge on any atom is -0.491 e. The molecule has 0 aromatic heterocycles. The molecule has 0 fully saturated rings. The molecule has 0 spiro atoms. The number of nitrogens with zero attached hydrogens (tertiary/aromatic N) is 1. The predicted octanol–water partition coefficient (Wildman–Crippen LogP) is 0.292. The van der Waals surface area contributed by atoms with Crippen molar-refractivity contribution in [3.05, 3.63) is 29.8 Å². The molecule has 34 heavy (non-hydrogen) atoms. The number of hydrogen-bond acceptors (Lipinski definition) is 6. The van der Waals surface area contributed by atoms with Crippen molar-refractivity contribution in [1.29, 1.82) is 0 Å². The van der Waals surface area contributed by atoms with Gasteiger partial charge in [-0.05, 0) is 38.3 Å². The molecule has 0 saturated heterocycles. The SMILES string of the molecule is C[C@H]1COc2ccccc2C(=O)N[C@H](C(=O)O)CCC(=O)NCCCCC(=O)N(C)CC(=O)N1. The lowest BCUT2D eigenvalue weighted by molar-refractivity contribution is -0.139. The van der Waals surface area contributed by atoms with Crippen LogP contribution in [-0.4, -0.2) is 78.4 Å². The Morgan fingerprint density at radius 1 is 1.06 bits per heavy atom. The van der Waals surface area contributed by atoms with Crippen molar-refractivity contribution in [2.24, 2.45) is 0 Å². The molecule has 11 nitrogen and oxygen atoms in total. The van der Waals surface area contributed by atoms with Crippen molar-refractivity contribution >= 4 is 29.6 Å². The molecule has 0 aliphatic carbocycles. The van der Waals surface area contributed by atoms with Gasteiger partial charge in [0, 0.05) is 26.4 Å². The fourth-order valence-corrected chi connectivity index (χ4v) is 3.34. The van der Waals surface area contributed by atoms with Gasteiger partial charge in [-0.3, -0.25) is 19.2 Å². The normalized spacial score (nSPS) is 22.2. The summed E-state index contributed by atoms with van der Waals surface area (Å²) in [5.41, 5.74) is 0.132. The monoisotopic (exact) mass is 476 g/mol. The fourth-order valence-electron chi connectivity index (χ4n) is 3.34. The number of hydrogen-bond donors (Lipinski definition) is 4. The molecule has 1 aromatic carbocycles. The highest BCUT2D eigenvalue weighted by Gasteiger charge is 2.24. The van der Waals surface area contributed by atoms with Crippen molar-refractivity contribution in [2.45, 2.75) is 51.1 Å². The van der Waals surface area contributed by atoms with Crippen LogP contribution < -0.4 is 20.7 Å². The van der Waals surface area contributed by atoms with E-state index in [4.69, 9.17) is 4.74 Å². The number of amides is 4. The molecule has 0 unspecified atom stereocenters. The first kappa shape index (κ1) is 26.6. The van der Waals surface area contributed by atoms with E-state index < -0.39 is 24.0 Å². The second-order valence-electron chi connectivity index (χ2n) is 8.24. The summed E-state index contributed by atoms with van der Waals surface area (Å²) in [6, 6.07) is 4.67. The number of carboxylic acids is 1.